The molecule has 0 fully saturated rings. The number of nitrogens with one attached hydrogen (secondary N) is 1. The molecule has 0 bridgehead atoms. The van der Waals surface area contributed by atoms with E-state index in [-0.39, 0.29) is 20.1 Å². The number of para-hydroxylation sites is 8. The zero-order chi connectivity index (χ0) is 61.3. The summed E-state index contributed by atoms with van der Waals surface area (Å²) >= 11 is 3.45. The highest BCUT2D eigenvalue weighted by Crippen LogP contribution is 2.50. The van der Waals surface area contributed by atoms with Gasteiger partial charge in [-0.3, -0.25) is 8.61 Å². The molecule has 9 nitrogen and oxygen atoms in total. The monoisotopic (exact) mass is 1240 g/mol. The van der Waals surface area contributed by atoms with Gasteiger partial charge in [0.2, 0.25) is 0 Å². The smallest absolute Gasteiger partial charge is 0.260 e. The number of nitrogens with zero attached hydrogens (tertiary/aromatic N) is 2. The zero-order valence-corrected chi connectivity index (χ0v) is 52.0. The zero-order valence-electron chi connectivity index (χ0n) is 50.4. The summed E-state index contributed by atoms with van der Waals surface area (Å²) in [5.74, 6) is 4.84. The Hall–Kier alpha value is -11.0. The van der Waals surface area contributed by atoms with Crippen LogP contribution in [0.15, 0.2) is 250 Å². The van der Waals surface area contributed by atoms with Crippen molar-refractivity contribution in [3.8, 4) is 67.9 Å². The number of benzene rings is 13. The molecule has 6 aliphatic heterocycles. The van der Waals surface area contributed by atoms with Gasteiger partial charge in [0.1, 0.15) is 68.0 Å². The van der Waals surface area contributed by atoms with E-state index in [9.17, 15) is 0 Å². The average Bonchev–Trinajstić information content (AvgIpc) is 0.827. The second kappa shape index (κ2) is 18.8. The largest absolute Gasteiger partial charge is 0.458 e. The van der Waals surface area contributed by atoms with E-state index in [1.165, 1.54) is 21.9 Å². The van der Waals surface area contributed by atoms with Crippen LogP contribution in [0.4, 0.5) is 34.1 Å². The van der Waals surface area contributed by atoms with Gasteiger partial charge < -0.3 is 32.8 Å². The Balaban J connectivity index is 0.774. The minimum Gasteiger partial charge on any atom is -0.458 e. The molecule has 94 heavy (non-hydrogen) atoms. The number of rotatable bonds is 5. The Bertz CT molecular complexity index is 5830. The summed E-state index contributed by atoms with van der Waals surface area (Å²) in [5, 5.41) is 10.6. The van der Waals surface area contributed by atoms with Crippen LogP contribution in [0.5, 0.6) is 34.5 Å². The predicted octanol–water partition coefficient (Wildman–Crippen LogP) is 15.8. The van der Waals surface area contributed by atoms with E-state index in [1.54, 1.807) is 23.9 Å². The average molecular weight is 1240 g/mol. The van der Waals surface area contributed by atoms with Crippen LogP contribution in [-0.2, 0) is 0 Å². The van der Waals surface area contributed by atoms with Crippen molar-refractivity contribution in [2.75, 3.05) is 26.4 Å². The van der Waals surface area contributed by atoms with E-state index in [0.29, 0.717) is 0 Å². The number of hydrogen-bond acceptors (Lipinski definition) is 11. The van der Waals surface area contributed by atoms with Crippen molar-refractivity contribution in [3.63, 3.8) is 0 Å². The first-order valence-electron chi connectivity index (χ1n) is 31.8. The molecule has 1 N–H and O–H groups in total. The lowest BCUT2D eigenvalue weighted by atomic mass is 9.29. The Morgan fingerprint density at radius 2 is 0.713 bits per heavy atom. The van der Waals surface area contributed by atoms with Gasteiger partial charge in [0.25, 0.3) is 20.1 Å². The third kappa shape index (κ3) is 6.90. The lowest BCUT2D eigenvalue weighted by molar-refractivity contribution is 0.465. The van der Waals surface area contributed by atoms with E-state index >= 15 is 0 Å². The van der Waals surface area contributed by atoms with Crippen molar-refractivity contribution in [2.24, 2.45) is 0 Å². The molecule has 0 radical (unpaired) electrons. The summed E-state index contributed by atoms with van der Waals surface area (Å²) in [6.45, 7) is -0.576. The fourth-order valence-corrected chi connectivity index (χ4v) is 18.1. The van der Waals surface area contributed by atoms with Crippen molar-refractivity contribution >= 4 is 193 Å². The molecule has 0 saturated heterocycles. The summed E-state index contributed by atoms with van der Waals surface area (Å²) in [6, 6.07) is 84.9. The molecule has 9 heterocycles. The topological polar surface area (TPSA) is 85.6 Å². The first-order chi connectivity index (χ1) is 46.5. The second-order valence-electron chi connectivity index (χ2n) is 25.3. The van der Waals surface area contributed by atoms with Crippen molar-refractivity contribution < 1.29 is 27.5 Å². The Kier molecular flexibility index (Phi) is 10.3. The van der Waals surface area contributed by atoms with Crippen molar-refractivity contribution in [2.45, 2.75) is 0 Å². The molecule has 14 heteroatoms. The number of anilines is 6. The van der Waals surface area contributed by atoms with Crippen LogP contribution in [0.25, 0.3) is 99.2 Å². The minimum atomic E-state index is -0.223. The molecule has 0 amide bonds. The molecular formula is C80H46B3N3O6S2. The summed E-state index contributed by atoms with van der Waals surface area (Å²) in [7, 11) is 0. The molecule has 16 aromatic rings. The van der Waals surface area contributed by atoms with Crippen LogP contribution in [0.1, 0.15) is 0 Å². The van der Waals surface area contributed by atoms with Gasteiger partial charge in [-0.15, -0.1) is 0 Å². The Morgan fingerprint density at radius 3 is 1.24 bits per heavy atom. The van der Waals surface area contributed by atoms with Gasteiger partial charge in [-0.2, -0.15) is 0 Å². The molecule has 0 unspecified atom stereocenters. The number of ether oxygens (including phenoxy) is 3. The van der Waals surface area contributed by atoms with E-state index in [2.05, 4.69) is 233 Å². The third-order valence-electron chi connectivity index (χ3n) is 20.6. The fraction of sp³-hybridized carbons (Fsp3) is 0.0250. The molecule has 0 aliphatic carbocycles. The van der Waals surface area contributed by atoms with Crippen LogP contribution in [0, 0.1) is 0 Å². The van der Waals surface area contributed by atoms with Crippen LogP contribution in [0.3, 0.4) is 0 Å². The minimum absolute atomic E-state index is 0.150. The maximum Gasteiger partial charge on any atom is 0.260 e. The van der Waals surface area contributed by atoms with E-state index < -0.39 is 0 Å². The van der Waals surface area contributed by atoms with Crippen molar-refractivity contribution in [3.05, 3.63) is 237 Å². The van der Waals surface area contributed by atoms with Crippen molar-refractivity contribution in [1.82, 2.24) is 0 Å². The first kappa shape index (κ1) is 51.6. The number of fused-ring (bicyclic) bond motifs is 21. The molecule has 0 spiro atoms. The molecule has 438 valence electrons. The lowest BCUT2D eigenvalue weighted by Crippen LogP contribution is -2.65. The van der Waals surface area contributed by atoms with E-state index in [4.69, 9.17) is 27.5 Å². The highest BCUT2D eigenvalue weighted by Gasteiger charge is 2.49. The molecule has 0 atom stereocenters. The maximum atomic E-state index is 7.46. The standard InChI is InChI=1S/C80H46B3N3O6S2/c1-93-85-62-40-60-56(81-54-25-6-11-30-69(54)87-72-35-42(32-61(84-60)75(72)81)45-19-13-22-51-48-16-3-8-27-66(48)90-78(45)51)38-57(62)83-58-39-59-71(41-63(58)86(94-2)65-34-43(33-64(85)76(65)83)46-20-14-23-52-49-17-4-9-28-67(49)91-79(46)52)89-74-37-44(36-73-77(74)82(59)55-26-7-12-31-70(55)88-73)47-21-15-24-53-50-18-5-10-29-68(50)92-80(47)53/h3-41,84H,1-2H3. The van der Waals surface area contributed by atoms with E-state index in [1.807, 2.05) is 30.3 Å². The quantitative estimate of drug-likeness (QED) is 0.132. The van der Waals surface area contributed by atoms with Gasteiger partial charge in [0.05, 0.1) is 17.1 Å². The van der Waals surface area contributed by atoms with Gasteiger partial charge in [0.15, 0.2) is 0 Å². The van der Waals surface area contributed by atoms with Crippen molar-refractivity contribution in [1.29, 1.82) is 0 Å². The van der Waals surface area contributed by atoms with Gasteiger partial charge in [-0.1, -0.05) is 158 Å². The Labute approximate surface area is 548 Å². The van der Waals surface area contributed by atoms with Gasteiger partial charge in [-0.05, 0) is 157 Å². The Morgan fingerprint density at radius 1 is 0.298 bits per heavy atom. The SMILES string of the molecule is CSN1c2cc3c(cc2B2c4cc5c(cc4N(SC)c4cc(-c6cccc7c6oc6ccccc67)cc1c42)Oc1cc(-c2cccc4c2oc2ccccc24)cc2c1B5c1ccccc1O2)B1c2ccccc2Oc2cc(-c4cccc5c4oc4ccccc45)cc(c21)N3. The summed E-state index contributed by atoms with van der Waals surface area (Å²) < 4.78 is 46.7. The second-order valence-corrected chi connectivity index (χ2v) is 26.8. The predicted molar refractivity (Wildman–Crippen MR) is 392 cm³/mol. The molecule has 13 aromatic carbocycles. The number of hydrogen-bond donors (Lipinski definition) is 1. The third-order valence-corrected chi connectivity index (χ3v) is 22.1. The lowest BCUT2D eigenvalue weighted by Gasteiger charge is -2.44. The normalized spacial score (nSPS) is 14.0. The fourth-order valence-electron chi connectivity index (χ4n) is 16.7. The molecule has 3 aromatic heterocycles. The van der Waals surface area contributed by atoms with Crippen LogP contribution >= 0.6 is 23.9 Å². The molecule has 6 aliphatic rings. The van der Waals surface area contributed by atoms with Gasteiger partial charge in [0, 0.05) is 90.1 Å². The molecular weight excluding hydrogens is 1200 g/mol. The number of furan rings is 3. The summed E-state index contributed by atoms with van der Waals surface area (Å²) in [5.41, 5.74) is 27.9. The highest BCUT2D eigenvalue weighted by molar-refractivity contribution is 8.00. The highest BCUT2D eigenvalue weighted by atomic mass is 32.2. The van der Waals surface area contributed by atoms with Crippen LogP contribution in [0.2, 0.25) is 0 Å². The van der Waals surface area contributed by atoms with E-state index in [0.717, 1.165) is 195 Å². The summed E-state index contributed by atoms with van der Waals surface area (Å²) in [4.78, 5) is 0. The van der Waals surface area contributed by atoms with Gasteiger partial charge in [-0.25, -0.2) is 0 Å². The first-order valence-corrected chi connectivity index (χ1v) is 34.1. The van der Waals surface area contributed by atoms with Crippen LogP contribution < -0.4 is 77.3 Å². The molecule has 0 saturated carbocycles. The maximum absolute atomic E-state index is 7.46. The van der Waals surface area contributed by atoms with Crippen LogP contribution in [-0.4, -0.2) is 32.6 Å². The molecule has 22 rings (SSSR count). The summed E-state index contributed by atoms with van der Waals surface area (Å²) in [6.07, 6.45) is 4.39. The van der Waals surface area contributed by atoms with Gasteiger partial charge >= 0.3 is 0 Å².